The first-order valence-corrected chi connectivity index (χ1v) is 6.06. The molecule has 0 aliphatic heterocycles. The molecule has 18 heavy (non-hydrogen) atoms. The summed E-state index contributed by atoms with van der Waals surface area (Å²) in [6, 6.07) is 4.07. The summed E-state index contributed by atoms with van der Waals surface area (Å²) in [7, 11) is 0. The minimum absolute atomic E-state index is 0.268. The van der Waals surface area contributed by atoms with Crippen molar-refractivity contribution in [3.8, 4) is 11.4 Å². The molecular formula is C12H13ClFN3O. The molecule has 4 nitrogen and oxygen atoms in total. The van der Waals surface area contributed by atoms with Crippen LogP contribution in [0.25, 0.3) is 11.4 Å². The number of rotatable bonds is 5. The lowest BCUT2D eigenvalue weighted by Crippen LogP contribution is -1.99. The smallest absolute Gasteiger partial charge is 0.226 e. The van der Waals surface area contributed by atoms with Crippen molar-refractivity contribution in [2.75, 3.05) is 6.54 Å². The van der Waals surface area contributed by atoms with E-state index in [0.29, 0.717) is 30.2 Å². The first kappa shape index (κ1) is 13.0. The van der Waals surface area contributed by atoms with Crippen LogP contribution in [-0.2, 0) is 6.42 Å². The van der Waals surface area contributed by atoms with Gasteiger partial charge in [-0.05, 0) is 37.6 Å². The van der Waals surface area contributed by atoms with Gasteiger partial charge in [-0.25, -0.2) is 4.39 Å². The van der Waals surface area contributed by atoms with Crippen LogP contribution >= 0.6 is 11.6 Å². The molecule has 2 N–H and O–H groups in total. The first-order valence-electron chi connectivity index (χ1n) is 5.69. The van der Waals surface area contributed by atoms with E-state index in [1.54, 1.807) is 0 Å². The summed E-state index contributed by atoms with van der Waals surface area (Å²) in [5, 5.41) is 4.10. The molecule has 0 atom stereocenters. The van der Waals surface area contributed by atoms with E-state index in [2.05, 4.69) is 10.1 Å². The summed E-state index contributed by atoms with van der Waals surface area (Å²) in [6.45, 7) is 0.644. The highest BCUT2D eigenvalue weighted by Crippen LogP contribution is 2.26. The summed E-state index contributed by atoms with van der Waals surface area (Å²) >= 11 is 5.92. The average molecular weight is 270 g/mol. The van der Waals surface area contributed by atoms with Crippen molar-refractivity contribution in [2.45, 2.75) is 19.3 Å². The molecule has 0 unspecified atom stereocenters. The number of hydrogen-bond acceptors (Lipinski definition) is 4. The number of benzene rings is 1. The molecule has 0 fully saturated rings. The van der Waals surface area contributed by atoms with Gasteiger partial charge in [0.1, 0.15) is 5.82 Å². The Balaban J connectivity index is 2.13. The van der Waals surface area contributed by atoms with Gasteiger partial charge in [0.25, 0.3) is 0 Å². The quantitative estimate of drug-likeness (QED) is 0.848. The second-order valence-corrected chi connectivity index (χ2v) is 4.29. The maximum Gasteiger partial charge on any atom is 0.226 e. The second-order valence-electron chi connectivity index (χ2n) is 3.88. The lowest BCUT2D eigenvalue weighted by molar-refractivity contribution is 0.375. The van der Waals surface area contributed by atoms with E-state index < -0.39 is 5.82 Å². The van der Waals surface area contributed by atoms with E-state index in [0.717, 1.165) is 12.8 Å². The highest BCUT2D eigenvalue weighted by Gasteiger charge is 2.12. The van der Waals surface area contributed by atoms with Gasteiger partial charge < -0.3 is 10.3 Å². The molecule has 0 aliphatic rings. The Hall–Kier alpha value is -1.46. The van der Waals surface area contributed by atoms with Gasteiger partial charge in [-0.3, -0.25) is 0 Å². The lowest BCUT2D eigenvalue weighted by atomic mass is 10.2. The number of nitrogens with two attached hydrogens (primary N) is 1. The summed E-state index contributed by atoms with van der Waals surface area (Å²) < 4.78 is 18.0. The van der Waals surface area contributed by atoms with Crippen molar-refractivity contribution in [3.63, 3.8) is 0 Å². The van der Waals surface area contributed by atoms with Crippen LogP contribution in [-0.4, -0.2) is 16.7 Å². The van der Waals surface area contributed by atoms with Crippen LogP contribution in [0.5, 0.6) is 0 Å². The van der Waals surface area contributed by atoms with Gasteiger partial charge in [0.15, 0.2) is 0 Å². The number of aryl methyl sites for hydroxylation is 1. The lowest BCUT2D eigenvalue weighted by Gasteiger charge is -1.97. The van der Waals surface area contributed by atoms with Crippen LogP contribution in [0.15, 0.2) is 22.7 Å². The molecule has 2 rings (SSSR count). The minimum atomic E-state index is -0.393. The molecule has 0 saturated heterocycles. The summed E-state index contributed by atoms with van der Waals surface area (Å²) in [4.78, 5) is 4.22. The Morgan fingerprint density at radius 1 is 1.33 bits per heavy atom. The maximum absolute atomic E-state index is 12.9. The Bertz CT molecular complexity index is 530. The zero-order valence-corrected chi connectivity index (χ0v) is 10.5. The van der Waals surface area contributed by atoms with Crippen molar-refractivity contribution >= 4 is 11.6 Å². The molecule has 1 aromatic heterocycles. The van der Waals surface area contributed by atoms with E-state index in [1.165, 1.54) is 18.2 Å². The van der Waals surface area contributed by atoms with Gasteiger partial charge in [-0.1, -0.05) is 16.8 Å². The SMILES string of the molecule is NCCCCc1nc(-c2ccc(F)cc2Cl)no1. The third kappa shape index (κ3) is 3.05. The number of nitrogens with zero attached hydrogens (tertiary/aromatic N) is 2. The molecule has 0 bridgehead atoms. The van der Waals surface area contributed by atoms with Gasteiger partial charge in [0.05, 0.1) is 5.02 Å². The zero-order valence-electron chi connectivity index (χ0n) is 9.70. The molecule has 6 heteroatoms. The molecule has 96 valence electrons. The van der Waals surface area contributed by atoms with E-state index in [4.69, 9.17) is 21.9 Å². The van der Waals surface area contributed by atoms with Gasteiger partial charge in [-0.2, -0.15) is 4.98 Å². The van der Waals surface area contributed by atoms with Crippen molar-refractivity contribution in [1.29, 1.82) is 0 Å². The summed E-state index contributed by atoms with van der Waals surface area (Å²) in [5.41, 5.74) is 5.97. The molecule has 1 heterocycles. The molecule has 2 aromatic rings. The third-order valence-electron chi connectivity index (χ3n) is 2.48. The van der Waals surface area contributed by atoms with Crippen LogP contribution in [0.1, 0.15) is 18.7 Å². The largest absolute Gasteiger partial charge is 0.339 e. The highest BCUT2D eigenvalue weighted by molar-refractivity contribution is 6.33. The number of hydrogen-bond donors (Lipinski definition) is 1. The van der Waals surface area contributed by atoms with E-state index in [-0.39, 0.29) is 5.02 Å². The van der Waals surface area contributed by atoms with Crippen LogP contribution in [0, 0.1) is 5.82 Å². The fraction of sp³-hybridized carbons (Fsp3) is 0.333. The van der Waals surface area contributed by atoms with Crippen LogP contribution < -0.4 is 5.73 Å². The molecule has 1 aromatic carbocycles. The van der Waals surface area contributed by atoms with Crippen molar-refractivity contribution in [3.05, 3.63) is 34.9 Å². The zero-order chi connectivity index (χ0) is 13.0. The summed E-state index contributed by atoms with van der Waals surface area (Å²) in [5.74, 6) is 0.525. The van der Waals surface area contributed by atoms with Crippen LogP contribution in [0.4, 0.5) is 4.39 Å². The maximum atomic E-state index is 12.9. The molecule has 0 amide bonds. The highest BCUT2D eigenvalue weighted by atomic mass is 35.5. The Morgan fingerprint density at radius 3 is 2.89 bits per heavy atom. The first-order chi connectivity index (χ1) is 8.70. The normalized spacial score (nSPS) is 10.8. The van der Waals surface area contributed by atoms with Crippen molar-refractivity contribution in [2.24, 2.45) is 5.73 Å². The van der Waals surface area contributed by atoms with Crippen molar-refractivity contribution < 1.29 is 8.91 Å². The van der Waals surface area contributed by atoms with Crippen LogP contribution in [0.2, 0.25) is 5.02 Å². The Morgan fingerprint density at radius 2 is 2.17 bits per heavy atom. The molecule has 0 radical (unpaired) electrons. The Labute approximate surface area is 109 Å². The predicted octanol–water partition coefficient (Wildman–Crippen LogP) is 2.81. The molecule has 0 spiro atoms. The van der Waals surface area contributed by atoms with Gasteiger partial charge in [0.2, 0.25) is 11.7 Å². The van der Waals surface area contributed by atoms with E-state index >= 15 is 0 Å². The number of halogens is 2. The number of aromatic nitrogens is 2. The van der Waals surface area contributed by atoms with E-state index in [9.17, 15) is 4.39 Å². The monoisotopic (exact) mass is 269 g/mol. The fourth-order valence-corrected chi connectivity index (χ4v) is 1.81. The number of unbranched alkanes of at least 4 members (excludes halogenated alkanes) is 1. The standard InChI is InChI=1S/C12H13ClFN3O/c13-10-7-8(14)4-5-9(10)12-16-11(18-17-12)3-1-2-6-15/h4-5,7H,1-3,6,15H2. The van der Waals surface area contributed by atoms with Gasteiger partial charge in [0, 0.05) is 12.0 Å². The molecular weight excluding hydrogens is 257 g/mol. The minimum Gasteiger partial charge on any atom is -0.339 e. The average Bonchev–Trinajstić information content (AvgIpc) is 2.78. The predicted molar refractivity (Wildman–Crippen MR) is 66.7 cm³/mol. The summed E-state index contributed by atoms with van der Waals surface area (Å²) in [6.07, 6.45) is 2.49. The van der Waals surface area contributed by atoms with Crippen molar-refractivity contribution in [1.82, 2.24) is 10.1 Å². The molecule has 0 aliphatic carbocycles. The van der Waals surface area contributed by atoms with Gasteiger partial charge >= 0.3 is 0 Å². The molecule has 0 saturated carbocycles. The second kappa shape index (κ2) is 5.93. The third-order valence-corrected chi connectivity index (χ3v) is 2.80. The fourth-order valence-electron chi connectivity index (χ4n) is 1.56. The Kier molecular flexibility index (Phi) is 4.28. The van der Waals surface area contributed by atoms with E-state index in [1.807, 2.05) is 0 Å². The van der Waals surface area contributed by atoms with Crippen LogP contribution in [0.3, 0.4) is 0 Å². The topological polar surface area (TPSA) is 64.9 Å². The van der Waals surface area contributed by atoms with Gasteiger partial charge in [-0.15, -0.1) is 0 Å².